The Bertz CT molecular complexity index is 1250. The molecule has 0 radical (unpaired) electrons. The van der Waals surface area contributed by atoms with E-state index < -0.39 is 0 Å². The van der Waals surface area contributed by atoms with Gasteiger partial charge >= 0.3 is 0 Å². The van der Waals surface area contributed by atoms with E-state index in [1.165, 1.54) is 10.5 Å². The van der Waals surface area contributed by atoms with Crippen molar-refractivity contribution in [3.05, 3.63) is 82.0 Å². The summed E-state index contributed by atoms with van der Waals surface area (Å²) in [5.41, 5.74) is 5.87. The molecule has 162 valence electrons. The first-order valence-corrected chi connectivity index (χ1v) is 10.7. The van der Waals surface area contributed by atoms with Crippen LogP contribution in [0.4, 0.5) is 17.2 Å². The van der Waals surface area contributed by atoms with Gasteiger partial charge in [0, 0.05) is 6.20 Å². The van der Waals surface area contributed by atoms with Crippen LogP contribution in [0.2, 0.25) is 5.02 Å². The number of hydrogen-bond donors (Lipinski definition) is 1. The second kappa shape index (κ2) is 8.93. The van der Waals surface area contributed by atoms with E-state index in [1.54, 1.807) is 30.5 Å². The van der Waals surface area contributed by atoms with Crippen LogP contribution in [0.5, 0.6) is 0 Å². The fourth-order valence-electron chi connectivity index (χ4n) is 3.53. The monoisotopic (exact) mass is 446 g/mol. The Labute approximate surface area is 192 Å². The lowest BCUT2D eigenvalue weighted by molar-refractivity contribution is -0.120. The zero-order chi connectivity index (χ0) is 22.8. The number of carbonyl (C=O) groups excluding carboxylic acids is 2. The van der Waals surface area contributed by atoms with Gasteiger partial charge in [-0.05, 0) is 73.4 Å². The number of rotatable bonds is 4. The summed E-state index contributed by atoms with van der Waals surface area (Å²) in [7, 11) is 0. The number of nitrogens with one attached hydrogen (secondary N) is 1. The summed E-state index contributed by atoms with van der Waals surface area (Å²) < 4.78 is 0. The molecule has 0 spiro atoms. The number of anilines is 2. The van der Waals surface area contributed by atoms with E-state index in [0.29, 0.717) is 27.9 Å². The number of aromatic nitrogens is 1. The quantitative estimate of drug-likeness (QED) is 0.601. The minimum atomic E-state index is -0.365. The molecule has 1 aliphatic rings. The van der Waals surface area contributed by atoms with Crippen LogP contribution in [0.15, 0.2) is 59.7 Å². The average Bonchev–Trinajstić information content (AvgIpc) is 2.89. The zero-order valence-corrected chi connectivity index (χ0v) is 18.9. The van der Waals surface area contributed by atoms with Crippen molar-refractivity contribution in [3.8, 4) is 0 Å². The molecule has 4 rings (SSSR count). The molecule has 0 saturated carbocycles. The van der Waals surface area contributed by atoms with Gasteiger partial charge in [0.15, 0.2) is 5.82 Å². The van der Waals surface area contributed by atoms with Gasteiger partial charge in [0.2, 0.25) is 11.8 Å². The van der Waals surface area contributed by atoms with Gasteiger partial charge < -0.3 is 5.32 Å². The van der Waals surface area contributed by atoms with Gasteiger partial charge in [-0.3, -0.25) is 14.5 Å². The molecular formula is C25H23ClN4O2. The van der Waals surface area contributed by atoms with E-state index in [2.05, 4.69) is 10.3 Å². The highest BCUT2D eigenvalue weighted by atomic mass is 35.5. The predicted octanol–water partition coefficient (Wildman–Crippen LogP) is 5.16. The fourth-order valence-corrected chi connectivity index (χ4v) is 3.81. The molecule has 0 unspecified atom stereocenters. The highest BCUT2D eigenvalue weighted by Gasteiger charge is 2.28. The first-order valence-electron chi connectivity index (χ1n) is 10.3. The minimum absolute atomic E-state index is 0.0669. The number of benzene rings is 2. The largest absolute Gasteiger partial charge is 0.323 e. The van der Waals surface area contributed by atoms with Crippen LogP contribution in [0.25, 0.3) is 0 Å². The molecule has 0 atom stereocenters. The molecule has 6 nitrogen and oxygen atoms in total. The average molecular weight is 447 g/mol. The molecular weight excluding hydrogens is 424 g/mol. The predicted molar refractivity (Wildman–Crippen MR) is 128 cm³/mol. The molecule has 2 amide bonds. The highest BCUT2D eigenvalue weighted by Crippen LogP contribution is 2.31. The van der Waals surface area contributed by atoms with Crippen molar-refractivity contribution in [1.29, 1.82) is 0 Å². The standard InChI is InChI=1S/C25H23ClN4O2/c1-15-6-9-20(19(26)11-15)29-23(31)14-30-24(32)13-22(18-8-7-16(2)17(3)12-18)28-21-5-4-10-27-25(21)30/h4-12H,13-14H2,1-3H3,(H,29,31). The molecule has 0 fully saturated rings. The summed E-state index contributed by atoms with van der Waals surface area (Å²) in [5, 5.41) is 3.23. The Morgan fingerprint density at radius 3 is 2.66 bits per heavy atom. The second-order valence-corrected chi connectivity index (χ2v) is 8.30. The number of pyridine rings is 1. The lowest BCUT2D eigenvalue weighted by Crippen LogP contribution is -2.39. The molecule has 2 heterocycles. The van der Waals surface area contributed by atoms with Gasteiger partial charge in [0.25, 0.3) is 0 Å². The van der Waals surface area contributed by atoms with Crippen molar-refractivity contribution in [2.45, 2.75) is 27.2 Å². The van der Waals surface area contributed by atoms with Crippen LogP contribution < -0.4 is 10.2 Å². The normalized spacial score (nSPS) is 13.3. The van der Waals surface area contributed by atoms with Crippen molar-refractivity contribution in [3.63, 3.8) is 0 Å². The third-order valence-corrected chi connectivity index (χ3v) is 5.75. The van der Waals surface area contributed by atoms with Crippen LogP contribution in [0, 0.1) is 20.8 Å². The van der Waals surface area contributed by atoms with Gasteiger partial charge in [-0.25, -0.2) is 9.98 Å². The van der Waals surface area contributed by atoms with Gasteiger partial charge in [0.05, 0.1) is 22.8 Å². The number of fused-ring (bicyclic) bond motifs is 1. The second-order valence-electron chi connectivity index (χ2n) is 7.89. The maximum absolute atomic E-state index is 13.2. The van der Waals surface area contributed by atoms with Crippen molar-refractivity contribution < 1.29 is 9.59 Å². The summed E-state index contributed by atoms with van der Waals surface area (Å²) in [6.07, 6.45) is 1.65. The highest BCUT2D eigenvalue weighted by molar-refractivity contribution is 6.33. The van der Waals surface area contributed by atoms with Crippen molar-refractivity contribution in [2.75, 3.05) is 16.8 Å². The molecule has 32 heavy (non-hydrogen) atoms. The Balaban J connectivity index is 1.62. The maximum atomic E-state index is 13.2. The lowest BCUT2D eigenvalue weighted by atomic mass is 10.0. The number of aliphatic imine (C=N–C) groups is 1. The van der Waals surface area contributed by atoms with Crippen LogP contribution in [0.1, 0.15) is 28.7 Å². The fraction of sp³-hybridized carbons (Fsp3) is 0.200. The summed E-state index contributed by atoms with van der Waals surface area (Å²) in [6, 6.07) is 14.9. The molecule has 0 aliphatic carbocycles. The first-order chi connectivity index (χ1) is 15.3. The Kier molecular flexibility index (Phi) is 6.06. The Hall–Kier alpha value is -3.51. The van der Waals surface area contributed by atoms with E-state index in [1.807, 2.05) is 45.0 Å². The number of nitrogens with zero attached hydrogens (tertiary/aromatic N) is 3. The van der Waals surface area contributed by atoms with Crippen LogP contribution >= 0.6 is 11.6 Å². The number of hydrogen-bond acceptors (Lipinski definition) is 4. The number of halogens is 1. The Morgan fingerprint density at radius 1 is 1.09 bits per heavy atom. The maximum Gasteiger partial charge on any atom is 0.244 e. The minimum Gasteiger partial charge on any atom is -0.323 e. The third kappa shape index (κ3) is 4.55. The Morgan fingerprint density at radius 2 is 1.91 bits per heavy atom. The molecule has 1 aromatic heterocycles. The van der Waals surface area contributed by atoms with E-state index >= 15 is 0 Å². The van der Waals surface area contributed by atoms with E-state index in [0.717, 1.165) is 16.7 Å². The third-order valence-electron chi connectivity index (χ3n) is 5.44. The lowest BCUT2D eigenvalue weighted by Gasteiger charge is -2.21. The number of aryl methyl sites for hydroxylation is 3. The van der Waals surface area contributed by atoms with Gasteiger partial charge in [0.1, 0.15) is 12.2 Å². The SMILES string of the molecule is Cc1ccc(NC(=O)CN2C(=O)CC(c3ccc(C)c(C)c3)=Nc3cccnc32)c(Cl)c1. The number of amides is 2. The molecule has 1 aliphatic heterocycles. The van der Waals surface area contributed by atoms with E-state index in [4.69, 9.17) is 16.6 Å². The van der Waals surface area contributed by atoms with Crippen LogP contribution in [-0.2, 0) is 9.59 Å². The first kappa shape index (κ1) is 21.7. The van der Waals surface area contributed by atoms with Crippen molar-refractivity contribution >= 4 is 46.3 Å². The smallest absolute Gasteiger partial charge is 0.244 e. The number of carbonyl (C=O) groups is 2. The van der Waals surface area contributed by atoms with E-state index in [9.17, 15) is 9.59 Å². The summed E-state index contributed by atoms with van der Waals surface area (Å²) in [5.74, 6) is -0.249. The molecule has 0 bridgehead atoms. The molecule has 1 N–H and O–H groups in total. The van der Waals surface area contributed by atoms with E-state index in [-0.39, 0.29) is 24.8 Å². The van der Waals surface area contributed by atoms with Crippen molar-refractivity contribution in [1.82, 2.24) is 4.98 Å². The summed E-state index contributed by atoms with van der Waals surface area (Å²) in [4.78, 5) is 36.5. The summed E-state index contributed by atoms with van der Waals surface area (Å²) >= 11 is 6.24. The van der Waals surface area contributed by atoms with Crippen LogP contribution in [-0.4, -0.2) is 29.1 Å². The topological polar surface area (TPSA) is 74.7 Å². The molecule has 3 aromatic rings. The molecule has 0 saturated heterocycles. The van der Waals surface area contributed by atoms with Gasteiger partial charge in [-0.15, -0.1) is 0 Å². The van der Waals surface area contributed by atoms with Gasteiger partial charge in [-0.2, -0.15) is 0 Å². The molecule has 2 aromatic carbocycles. The molecule has 7 heteroatoms. The van der Waals surface area contributed by atoms with Gasteiger partial charge in [-0.1, -0.05) is 29.8 Å². The zero-order valence-electron chi connectivity index (χ0n) is 18.1. The van der Waals surface area contributed by atoms with Crippen LogP contribution in [0.3, 0.4) is 0 Å². The summed E-state index contributed by atoms with van der Waals surface area (Å²) in [6.45, 7) is 5.80. The van der Waals surface area contributed by atoms with Crippen molar-refractivity contribution in [2.24, 2.45) is 4.99 Å².